The van der Waals surface area contributed by atoms with E-state index in [1.165, 1.54) is 30.3 Å². The van der Waals surface area contributed by atoms with Crippen LogP contribution >= 0.6 is 11.6 Å². The molecule has 3 aromatic rings. The van der Waals surface area contributed by atoms with Crippen LogP contribution in [0.25, 0.3) is 6.08 Å². The first kappa shape index (κ1) is 26.4. The van der Waals surface area contributed by atoms with Crippen molar-refractivity contribution < 1.29 is 33.0 Å². The van der Waals surface area contributed by atoms with Crippen molar-refractivity contribution >= 4 is 52.8 Å². The summed E-state index contributed by atoms with van der Waals surface area (Å²) in [7, 11) is 0. The van der Waals surface area contributed by atoms with Gasteiger partial charge in [-0.2, -0.15) is 0 Å². The van der Waals surface area contributed by atoms with Gasteiger partial charge in [-0.1, -0.05) is 17.7 Å². The third kappa shape index (κ3) is 6.16. The maximum absolute atomic E-state index is 13.3. The number of carbonyl (C=O) groups excluding carboxylic acids is 4. The van der Waals surface area contributed by atoms with Crippen LogP contribution in [0.3, 0.4) is 0 Å². The molecule has 11 heteroatoms. The zero-order chi connectivity index (χ0) is 27.2. The molecule has 0 aromatic heterocycles. The molecular weight excluding hydrogens is 517 g/mol. The molecule has 194 valence electrons. The van der Waals surface area contributed by atoms with Crippen LogP contribution in [0.4, 0.5) is 20.6 Å². The van der Waals surface area contributed by atoms with Gasteiger partial charge in [0.2, 0.25) is 0 Å². The molecular formula is C27H21ClFN3O6. The summed E-state index contributed by atoms with van der Waals surface area (Å²) in [5.41, 5.74) is 0.743. The van der Waals surface area contributed by atoms with Gasteiger partial charge in [0.1, 0.15) is 11.4 Å². The maximum Gasteiger partial charge on any atom is 0.335 e. The van der Waals surface area contributed by atoms with E-state index in [0.717, 1.165) is 17.0 Å². The number of anilines is 2. The Hall–Kier alpha value is -4.70. The molecule has 0 saturated carbocycles. The van der Waals surface area contributed by atoms with E-state index >= 15 is 0 Å². The second kappa shape index (κ2) is 11.6. The fourth-order valence-corrected chi connectivity index (χ4v) is 3.65. The molecule has 0 radical (unpaired) electrons. The van der Waals surface area contributed by atoms with Gasteiger partial charge >= 0.3 is 6.03 Å². The first-order valence-corrected chi connectivity index (χ1v) is 11.7. The van der Waals surface area contributed by atoms with Gasteiger partial charge in [0.15, 0.2) is 18.1 Å². The largest absolute Gasteiger partial charge is 0.490 e. The number of barbiturate groups is 1. The Kier molecular flexibility index (Phi) is 8.03. The molecule has 0 unspecified atom stereocenters. The van der Waals surface area contributed by atoms with Crippen LogP contribution in [0, 0.1) is 5.82 Å². The van der Waals surface area contributed by atoms with E-state index in [-0.39, 0.29) is 36.0 Å². The average Bonchev–Trinajstić information content (AvgIpc) is 2.88. The number of rotatable bonds is 8. The number of ether oxygens (including phenoxy) is 2. The SMILES string of the molecule is CCOc1cc(/C=C2\C(=O)NC(=O)N(c3ccc(F)cc3)C2=O)ccc1OCC(=O)Nc1ccc(Cl)cc1. The number of urea groups is 1. The molecule has 1 aliphatic heterocycles. The highest BCUT2D eigenvalue weighted by Gasteiger charge is 2.36. The Morgan fingerprint density at radius 3 is 2.39 bits per heavy atom. The summed E-state index contributed by atoms with van der Waals surface area (Å²) >= 11 is 5.85. The van der Waals surface area contributed by atoms with E-state index in [1.54, 1.807) is 37.3 Å². The van der Waals surface area contributed by atoms with E-state index in [2.05, 4.69) is 10.6 Å². The van der Waals surface area contributed by atoms with Crippen LogP contribution in [0.2, 0.25) is 5.02 Å². The topological polar surface area (TPSA) is 114 Å². The van der Waals surface area contributed by atoms with Crippen molar-refractivity contribution in [2.75, 3.05) is 23.4 Å². The molecule has 0 aliphatic carbocycles. The average molecular weight is 538 g/mol. The molecule has 1 heterocycles. The zero-order valence-electron chi connectivity index (χ0n) is 20.0. The Labute approximate surface area is 221 Å². The standard InChI is InChI=1S/C27H21ClFN3O6/c1-2-37-23-14-16(3-12-22(23)38-15-24(33)30-19-8-4-17(28)5-9-19)13-21-25(34)31-27(36)32(26(21)35)20-10-6-18(29)7-11-20/h3-14H,2,15H2,1H3,(H,30,33)(H,31,34,36)/b21-13+. The van der Waals surface area contributed by atoms with Crippen LogP contribution in [0.5, 0.6) is 11.5 Å². The molecule has 9 nitrogen and oxygen atoms in total. The second-order valence-corrected chi connectivity index (χ2v) is 8.35. The monoisotopic (exact) mass is 537 g/mol. The fourth-order valence-electron chi connectivity index (χ4n) is 3.52. The van der Waals surface area contributed by atoms with Gasteiger partial charge < -0.3 is 14.8 Å². The predicted octanol–water partition coefficient (Wildman–Crippen LogP) is 4.56. The van der Waals surface area contributed by atoms with Crippen LogP contribution in [-0.2, 0) is 14.4 Å². The molecule has 5 amide bonds. The molecule has 0 spiro atoms. The summed E-state index contributed by atoms with van der Waals surface area (Å²) in [5.74, 6) is -2.16. The van der Waals surface area contributed by atoms with Gasteiger partial charge in [-0.25, -0.2) is 14.1 Å². The quantitative estimate of drug-likeness (QED) is 0.321. The van der Waals surface area contributed by atoms with Gasteiger partial charge in [0, 0.05) is 10.7 Å². The van der Waals surface area contributed by atoms with E-state index in [4.69, 9.17) is 21.1 Å². The second-order valence-electron chi connectivity index (χ2n) is 7.92. The highest BCUT2D eigenvalue weighted by atomic mass is 35.5. The Balaban J connectivity index is 1.52. The van der Waals surface area contributed by atoms with E-state index in [0.29, 0.717) is 16.3 Å². The fraction of sp³-hybridized carbons (Fsp3) is 0.111. The lowest BCUT2D eigenvalue weighted by molar-refractivity contribution is -0.122. The highest BCUT2D eigenvalue weighted by molar-refractivity contribution is 6.39. The zero-order valence-corrected chi connectivity index (χ0v) is 20.8. The van der Waals surface area contributed by atoms with Gasteiger partial charge in [-0.05, 0) is 79.2 Å². The summed E-state index contributed by atoms with van der Waals surface area (Å²) in [6, 6.07) is 15.0. The third-order valence-electron chi connectivity index (χ3n) is 5.25. The number of hydrogen-bond acceptors (Lipinski definition) is 6. The van der Waals surface area contributed by atoms with E-state index in [1.807, 2.05) is 0 Å². The van der Waals surface area contributed by atoms with Crippen molar-refractivity contribution in [3.8, 4) is 11.5 Å². The van der Waals surface area contributed by atoms with Gasteiger partial charge in [0.05, 0.1) is 12.3 Å². The lowest BCUT2D eigenvalue weighted by atomic mass is 10.1. The van der Waals surface area contributed by atoms with Crippen LogP contribution < -0.4 is 25.0 Å². The number of hydrogen-bond donors (Lipinski definition) is 2. The third-order valence-corrected chi connectivity index (χ3v) is 5.50. The number of amides is 5. The van der Waals surface area contributed by atoms with Crippen molar-refractivity contribution in [1.82, 2.24) is 5.32 Å². The highest BCUT2D eigenvalue weighted by Crippen LogP contribution is 2.30. The minimum absolute atomic E-state index is 0.0999. The van der Waals surface area contributed by atoms with Gasteiger partial charge in [-0.15, -0.1) is 0 Å². The van der Waals surface area contributed by atoms with Crippen molar-refractivity contribution in [1.29, 1.82) is 0 Å². The van der Waals surface area contributed by atoms with E-state index < -0.39 is 29.6 Å². The summed E-state index contributed by atoms with van der Waals surface area (Å²) in [6.07, 6.45) is 1.29. The van der Waals surface area contributed by atoms with Crippen LogP contribution in [0.15, 0.2) is 72.3 Å². The lowest BCUT2D eigenvalue weighted by Crippen LogP contribution is -2.54. The summed E-state index contributed by atoms with van der Waals surface area (Å²) in [6.45, 7) is 1.73. The molecule has 4 rings (SSSR count). The minimum Gasteiger partial charge on any atom is -0.490 e. The Bertz CT molecular complexity index is 1420. The molecule has 1 fully saturated rings. The molecule has 1 aliphatic rings. The number of halogens is 2. The Morgan fingerprint density at radius 2 is 1.71 bits per heavy atom. The molecule has 0 bridgehead atoms. The van der Waals surface area contributed by atoms with Crippen molar-refractivity contribution in [2.24, 2.45) is 0 Å². The Morgan fingerprint density at radius 1 is 1.00 bits per heavy atom. The normalized spacial score (nSPS) is 14.3. The van der Waals surface area contributed by atoms with E-state index in [9.17, 15) is 23.6 Å². The number of benzene rings is 3. The molecule has 38 heavy (non-hydrogen) atoms. The van der Waals surface area contributed by atoms with Crippen molar-refractivity contribution in [2.45, 2.75) is 6.92 Å². The minimum atomic E-state index is -0.945. The van der Waals surface area contributed by atoms with Gasteiger partial charge in [0.25, 0.3) is 17.7 Å². The van der Waals surface area contributed by atoms with Crippen molar-refractivity contribution in [3.05, 3.63) is 88.7 Å². The first-order chi connectivity index (χ1) is 18.2. The van der Waals surface area contributed by atoms with Crippen LogP contribution in [-0.4, -0.2) is 37.0 Å². The molecule has 3 aromatic carbocycles. The lowest BCUT2D eigenvalue weighted by Gasteiger charge is -2.26. The van der Waals surface area contributed by atoms with Crippen molar-refractivity contribution in [3.63, 3.8) is 0 Å². The smallest absolute Gasteiger partial charge is 0.335 e. The number of imide groups is 2. The molecule has 0 atom stereocenters. The summed E-state index contributed by atoms with van der Waals surface area (Å²) < 4.78 is 24.5. The summed E-state index contributed by atoms with van der Waals surface area (Å²) in [4.78, 5) is 50.8. The van der Waals surface area contributed by atoms with Gasteiger partial charge in [-0.3, -0.25) is 19.7 Å². The number of carbonyl (C=O) groups is 4. The maximum atomic E-state index is 13.3. The van der Waals surface area contributed by atoms with Crippen LogP contribution in [0.1, 0.15) is 12.5 Å². The predicted molar refractivity (Wildman–Crippen MR) is 139 cm³/mol. The molecule has 2 N–H and O–H groups in total. The number of nitrogens with zero attached hydrogens (tertiary/aromatic N) is 1. The summed E-state index contributed by atoms with van der Waals surface area (Å²) in [5, 5.41) is 5.33. The molecule has 1 saturated heterocycles. The number of nitrogens with one attached hydrogen (secondary N) is 2. The first-order valence-electron chi connectivity index (χ1n) is 11.4.